The first-order valence-corrected chi connectivity index (χ1v) is 7.17. The molecule has 1 amide bonds. The average Bonchev–Trinajstić information content (AvgIpc) is 3.21. The Balaban J connectivity index is 1.76. The zero-order valence-electron chi connectivity index (χ0n) is 12.8. The number of ether oxygens (including phenoxy) is 3. The van der Waals surface area contributed by atoms with Gasteiger partial charge in [-0.3, -0.25) is 0 Å². The Morgan fingerprint density at radius 1 is 1.38 bits per heavy atom. The molecule has 5 heteroatoms. The van der Waals surface area contributed by atoms with Crippen LogP contribution in [0.15, 0.2) is 30.3 Å². The van der Waals surface area contributed by atoms with Crippen molar-refractivity contribution in [3.05, 3.63) is 35.9 Å². The highest BCUT2D eigenvalue weighted by Gasteiger charge is 2.35. The molecule has 1 aliphatic rings. The molecule has 1 aromatic carbocycles. The molecule has 116 valence electrons. The van der Waals surface area contributed by atoms with Gasteiger partial charge in [-0.2, -0.15) is 0 Å². The summed E-state index contributed by atoms with van der Waals surface area (Å²) >= 11 is 0. The second kappa shape index (κ2) is 6.91. The summed E-state index contributed by atoms with van der Waals surface area (Å²) in [5, 5.41) is 2.81. The monoisotopic (exact) mass is 293 g/mol. The fraction of sp³-hybridized carbons (Fsp3) is 0.562. The van der Waals surface area contributed by atoms with Crippen molar-refractivity contribution in [1.82, 2.24) is 5.32 Å². The van der Waals surface area contributed by atoms with Crippen molar-refractivity contribution in [3.8, 4) is 0 Å². The molecular formula is C16H23NO4. The fourth-order valence-electron chi connectivity index (χ4n) is 1.87. The molecule has 0 unspecified atom stereocenters. The lowest BCUT2D eigenvalue weighted by Crippen LogP contribution is -2.44. The minimum Gasteiger partial charge on any atom is -0.444 e. The van der Waals surface area contributed by atoms with Gasteiger partial charge in [-0.25, -0.2) is 4.79 Å². The van der Waals surface area contributed by atoms with Gasteiger partial charge in [0.15, 0.2) is 0 Å². The second-order valence-corrected chi connectivity index (χ2v) is 6.13. The predicted molar refractivity (Wildman–Crippen MR) is 79.0 cm³/mol. The zero-order valence-corrected chi connectivity index (χ0v) is 12.8. The smallest absolute Gasteiger partial charge is 0.408 e. The van der Waals surface area contributed by atoms with Gasteiger partial charge >= 0.3 is 6.09 Å². The third-order valence-corrected chi connectivity index (χ3v) is 2.92. The van der Waals surface area contributed by atoms with Gasteiger partial charge in [0, 0.05) is 0 Å². The summed E-state index contributed by atoms with van der Waals surface area (Å²) in [4.78, 5) is 11.8. The number of hydrogen-bond acceptors (Lipinski definition) is 4. The molecule has 2 atom stereocenters. The Labute approximate surface area is 125 Å². The van der Waals surface area contributed by atoms with Gasteiger partial charge in [0.05, 0.1) is 25.9 Å². The van der Waals surface area contributed by atoms with Crippen molar-refractivity contribution in [3.63, 3.8) is 0 Å². The maximum absolute atomic E-state index is 11.8. The van der Waals surface area contributed by atoms with Crippen LogP contribution in [0.2, 0.25) is 0 Å². The standard InChI is InChI=1S/C16H23NO4/c1-16(2,3)21-15(18)17-13(14-11-20-14)10-19-9-12-7-5-4-6-8-12/h4-8,13-14H,9-11H2,1-3H3,(H,17,18)/t13-,14-/m0/s1. The molecule has 1 heterocycles. The number of amides is 1. The molecule has 1 fully saturated rings. The zero-order chi connectivity index (χ0) is 15.3. The van der Waals surface area contributed by atoms with Gasteiger partial charge in [-0.1, -0.05) is 30.3 Å². The number of hydrogen-bond donors (Lipinski definition) is 1. The quantitative estimate of drug-likeness (QED) is 0.819. The molecule has 0 aromatic heterocycles. The molecule has 0 spiro atoms. The first-order chi connectivity index (χ1) is 9.94. The lowest BCUT2D eigenvalue weighted by atomic mass is 10.2. The van der Waals surface area contributed by atoms with Gasteiger partial charge in [-0.05, 0) is 26.3 Å². The SMILES string of the molecule is CC(C)(C)OC(=O)N[C@@H](COCc1ccccc1)[C@@H]1CO1. The lowest BCUT2D eigenvalue weighted by Gasteiger charge is -2.23. The molecule has 1 aliphatic heterocycles. The van der Waals surface area contributed by atoms with Crippen LogP contribution in [0.4, 0.5) is 4.79 Å². The minimum atomic E-state index is -0.510. The summed E-state index contributed by atoms with van der Waals surface area (Å²) in [5.41, 5.74) is 0.592. The Morgan fingerprint density at radius 2 is 2.05 bits per heavy atom. The second-order valence-electron chi connectivity index (χ2n) is 6.13. The summed E-state index contributed by atoms with van der Waals surface area (Å²) in [6.07, 6.45) is -0.417. The van der Waals surface area contributed by atoms with Crippen LogP contribution in [0.1, 0.15) is 26.3 Å². The lowest BCUT2D eigenvalue weighted by molar-refractivity contribution is 0.0403. The summed E-state index contributed by atoms with van der Waals surface area (Å²) in [6.45, 7) is 7.07. The molecular weight excluding hydrogens is 270 g/mol. The third-order valence-electron chi connectivity index (χ3n) is 2.92. The highest BCUT2D eigenvalue weighted by atomic mass is 16.6. The van der Waals surface area contributed by atoms with Crippen LogP contribution < -0.4 is 5.32 Å². The first-order valence-electron chi connectivity index (χ1n) is 7.17. The molecule has 0 bridgehead atoms. The third kappa shape index (κ3) is 6.14. The van der Waals surface area contributed by atoms with E-state index in [2.05, 4.69) is 5.32 Å². The predicted octanol–water partition coefficient (Wildman–Crippen LogP) is 2.50. The first kappa shape index (κ1) is 15.8. The van der Waals surface area contributed by atoms with Crippen LogP contribution in [-0.4, -0.2) is 37.1 Å². The Hall–Kier alpha value is -1.59. The van der Waals surface area contributed by atoms with E-state index >= 15 is 0 Å². The van der Waals surface area contributed by atoms with Crippen LogP contribution >= 0.6 is 0 Å². The molecule has 0 saturated carbocycles. The van der Waals surface area contributed by atoms with Crippen LogP contribution in [0, 0.1) is 0 Å². The Bertz CT molecular complexity index is 451. The number of carbonyl (C=O) groups excluding carboxylic acids is 1. The van der Waals surface area contributed by atoms with Crippen molar-refractivity contribution >= 4 is 6.09 Å². The summed E-state index contributed by atoms with van der Waals surface area (Å²) in [7, 11) is 0. The van der Waals surface area contributed by atoms with E-state index in [1.165, 1.54) is 0 Å². The summed E-state index contributed by atoms with van der Waals surface area (Å²) in [6, 6.07) is 9.74. The van der Waals surface area contributed by atoms with Crippen molar-refractivity contribution < 1.29 is 19.0 Å². The van der Waals surface area contributed by atoms with Gasteiger partial charge in [0.2, 0.25) is 0 Å². The molecule has 1 N–H and O–H groups in total. The van der Waals surface area contributed by atoms with E-state index in [-0.39, 0.29) is 12.1 Å². The van der Waals surface area contributed by atoms with E-state index in [1.54, 1.807) is 0 Å². The topological polar surface area (TPSA) is 60.1 Å². The van der Waals surface area contributed by atoms with E-state index in [1.807, 2.05) is 51.1 Å². The molecule has 0 aliphatic carbocycles. The van der Waals surface area contributed by atoms with E-state index < -0.39 is 11.7 Å². The Kier molecular flexibility index (Phi) is 5.20. The fourth-order valence-corrected chi connectivity index (χ4v) is 1.87. The van der Waals surface area contributed by atoms with Gasteiger partial charge in [0.25, 0.3) is 0 Å². The number of alkyl carbamates (subject to hydrolysis) is 1. The molecule has 1 aromatic rings. The van der Waals surface area contributed by atoms with Gasteiger partial charge < -0.3 is 19.5 Å². The van der Waals surface area contributed by atoms with E-state index in [0.29, 0.717) is 19.8 Å². The van der Waals surface area contributed by atoms with E-state index in [4.69, 9.17) is 14.2 Å². The van der Waals surface area contributed by atoms with Crippen LogP contribution in [0.5, 0.6) is 0 Å². The maximum atomic E-state index is 11.8. The van der Waals surface area contributed by atoms with E-state index in [0.717, 1.165) is 5.56 Å². The molecule has 0 radical (unpaired) electrons. The highest BCUT2D eigenvalue weighted by Crippen LogP contribution is 2.16. The molecule has 5 nitrogen and oxygen atoms in total. The number of nitrogens with one attached hydrogen (secondary N) is 1. The van der Waals surface area contributed by atoms with Crippen LogP contribution in [0.25, 0.3) is 0 Å². The number of rotatable bonds is 6. The normalized spacial score (nSPS) is 18.9. The Morgan fingerprint density at radius 3 is 2.62 bits per heavy atom. The number of epoxide rings is 1. The maximum Gasteiger partial charge on any atom is 0.408 e. The highest BCUT2D eigenvalue weighted by molar-refractivity contribution is 5.68. The van der Waals surface area contributed by atoms with E-state index in [9.17, 15) is 4.79 Å². The average molecular weight is 293 g/mol. The van der Waals surface area contributed by atoms with Gasteiger partial charge in [0.1, 0.15) is 11.7 Å². The largest absolute Gasteiger partial charge is 0.444 e. The summed E-state index contributed by atoms with van der Waals surface area (Å²) in [5.74, 6) is 0. The minimum absolute atomic E-state index is 0.0216. The van der Waals surface area contributed by atoms with Crippen molar-refractivity contribution in [2.45, 2.75) is 45.1 Å². The number of benzene rings is 1. The molecule has 21 heavy (non-hydrogen) atoms. The van der Waals surface area contributed by atoms with Crippen LogP contribution in [-0.2, 0) is 20.8 Å². The summed E-state index contributed by atoms with van der Waals surface area (Å²) < 4.78 is 16.2. The van der Waals surface area contributed by atoms with Crippen molar-refractivity contribution in [2.24, 2.45) is 0 Å². The van der Waals surface area contributed by atoms with Gasteiger partial charge in [-0.15, -0.1) is 0 Å². The van der Waals surface area contributed by atoms with Crippen molar-refractivity contribution in [2.75, 3.05) is 13.2 Å². The van der Waals surface area contributed by atoms with Crippen molar-refractivity contribution in [1.29, 1.82) is 0 Å². The number of carbonyl (C=O) groups is 1. The molecule has 2 rings (SSSR count). The van der Waals surface area contributed by atoms with Crippen LogP contribution in [0.3, 0.4) is 0 Å². The molecule has 1 saturated heterocycles.